The van der Waals surface area contributed by atoms with Crippen LogP contribution in [0, 0.1) is 29.6 Å². The van der Waals surface area contributed by atoms with Crippen molar-refractivity contribution in [3.63, 3.8) is 0 Å². The molecule has 2 aromatic rings. The van der Waals surface area contributed by atoms with Gasteiger partial charge < -0.3 is 0 Å². The fourth-order valence-corrected chi connectivity index (χ4v) is 7.10. The van der Waals surface area contributed by atoms with E-state index in [0.29, 0.717) is 0 Å². The molecule has 1 aromatic carbocycles. The van der Waals surface area contributed by atoms with E-state index in [0.717, 1.165) is 49.2 Å². The van der Waals surface area contributed by atoms with Gasteiger partial charge in [-0.15, -0.1) is 0 Å². The lowest BCUT2D eigenvalue weighted by atomic mass is 9.52. The van der Waals surface area contributed by atoms with Crippen molar-refractivity contribution in [2.24, 2.45) is 29.6 Å². The molecule has 1 heterocycles. The quantitative estimate of drug-likeness (QED) is 0.801. The third-order valence-corrected chi connectivity index (χ3v) is 7.67. The van der Waals surface area contributed by atoms with Gasteiger partial charge in [0.1, 0.15) is 0 Å². The van der Waals surface area contributed by atoms with E-state index >= 15 is 0 Å². The molecule has 1 atom stereocenters. The van der Waals surface area contributed by atoms with E-state index < -0.39 is 0 Å². The zero-order valence-corrected chi connectivity index (χ0v) is 13.9. The fourth-order valence-electron chi connectivity index (χ4n) is 5.64. The predicted octanol–water partition coefficient (Wildman–Crippen LogP) is 4.01. The van der Waals surface area contributed by atoms with Gasteiger partial charge in [0.05, 0.1) is 22.7 Å². The van der Waals surface area contributed by atoms with Crippen LogP contribution < -0.4 is 5.44 Å². The van der Waals surface area contributed by atoms with E-state index in [1.54, 1.807) is 6.42 Å². The van der Waals surface area contributed by atoms with Gasteiger partial charge in [0.2, 0.25) is 0 Å². The third-order valence-electron chi connectivity index (χ3n) is 6.39. The second kappa shape index (κ2) is 5.27. The maximum absolute atomic E-state index is 4.83. The molecule has 3 heteroatoms. The molecule has 4 bridgehead atoms. The van der Waals surface area contributed by atoms with Crippen molar-refractivity contribution in [2.45, 2.75) is 32.1 Å². The summed E-state index contributed by atoms with van der Waals surface area (Å²) in [6, 6.07) is 8.22. The first-order valence-corrected chi connectivity index (χ1v) is 10.0. The molecule has 4 aliphatic carbocycles. The van der Waals surface area contributed by atoms with Gasteiger partial charge >= 0.3 is 0 Å². The van der Waals surface area contributed by atoms with E-state index in [9.17, 15) is 0 Å². The van der Waals surface area contributed by atoms with Gasteiger partial charge in [0.25, 0.3) is 0 Å². The van der Waals surface area contributed by atoms with E-state index in [2.05, 4.69) is 17.1 Å². The van der Waals surface area contributed by atoms with E-state index in [4.69, 9.17) is 4.98 Å². The van der Waals surface area contributed by atoms with Gasteiger partial charge in [-0.05, 0) is 80.0 Å². The number of hydrogen-bond donors (Lipinski definition) is 0. The molecule has 1 aromatic heterocycles. The van der Waals surface area contributed by atoms with Crippen LogP contribution in [0.25, 0.3) is 11.0 Å². The summed E-state index contributed by atoms with van der Waals surface area (Å²) < 4.78 is 0. The topological polar surface area (TPSA) is 25.8 Å². The van der Waals surface area contributed by atoms with Crippen molar-refractivity contribution in [3.8, 4) is 0 Å². The molecule has 114 valence electrons. The summed E-state index contributed by atoms with van der Waals surface area (Å²) in [7, 11) is 0.841. The lowest BCUT2D eigenvalue weighted by Crippen LogP contribution is -2.45. The van der Waals surface area contributed by atoms with E-state index in [1.165, 1.54) is 37.3 Å². The van der Waals surface area contributed by atoms with Crippen molar-refractivity contribution >= 4 is 25.0 Å². The Bertz CT molecular complexity index is 671. The summed E-state index contributed by atoms with van der Waals surface area (Å²) in [5.41, 5.74) is 3.29. The average molecular weight is 310 g/mol. The second-order valence-electron chi connectivity index (χ2n) is 7.72. The first-order valence-electron chi connectivity index (χ1n) is 8.81. The van der Waals surface area contributed by atoms with Gasteiger partial charge in [-0.3, -0.25) is 4.98 Å². The van der Waals surface area contributed by atoms with Crippen molar-refractivity contribution in [1.29, 1.82) is 0 Å². The van der Waals surface area contributed by atoms with Gasteiger partial charge in [0, 0.05) is 0 Å². The lowest BCUT2D eigenvalue weighted by molar-refractivity contribution is -0.0263. The Hall–Kier alpha value is -1.01. The van der Waals surface area contributed by atoms with Crippen LogP contribution in [0.2, 0.25) is 0 Å². The number of hydrogen-bond acceptors (Lipinski definition) is 2. The highest BCUT2D eigenvalue weighted by Gasteiger charge is 2.47. The van der Waals surface area contributed by atoms with Gasteiger partial charge in [-0.25, -0.2) is 4.98 Å². The van der Waals surface area contributed by atoms with Crippen LogP contribution in [0.1, 0.15) is 32.1 Å². The SMILES string of the molecule is c1ccc2nc(PCC3C4CC5CC(C4)CC3C5)cnc2c1. The third kappa shape index (κ3) is 2.27. The summed E-state index contributed by atoms with van der Waals surface area (Å²) in [4.78, 5) is 9.41. The van der Waals surface area contributed by atoms with Crippen LogP contribution in [0.4, 0.5) is 0 Å². The van der Waals surface area contributed by atoms with Crippen LogP contribution in [0.5, 0.6) is 0 Å². The largest absolute Gasteiger partial charge is 0.252 e. The smallest absolute Gasteiger partial charge is 0.0894 e. The highest BCUT2D eigenvalue weighted by atomic mass is 31.1. The maximum Gasteiger partial charge on any atom is 0.0894 e. The molecule has 4 fully saturated rings. The molecule has 6 rings (SSSR count). The van der Waals surface area contributed by atoms with Crippen LogP contribution in [-0.2, 0) is 0 Å². The zero-order chi connectivity index (χ0) is 14.5. The molecular weight excluding hydrogens is 287 g/mol. The summed E-state index contributed by atoms with van der Waals surface area (Å²) in [6.07, 6.45) is 11.1. The average Bonchev–Trinajstić information content (AvgIpc) is 2.53. The molecule has 0 amide bonds. The summed E-state index contributed by atoms with van der Waals surface area (Å²) >= 11 is 0. The number of fused-ring (bicyclic) bond motifs is 1. The van der Waals surface area contributed by atoms with Crippen molar-refractivity contribution in [3.05, 3.63) is 30.5 Å². The molecule has 22 heavy (non-hydrogen) atoms. The Balaban J connectivity index is 1.32. The fraction of sp³-hybridized carbons (Fsp3) is 0.579. The van der Waals surface area contributed by atoms with Crippen molar-refractivity contribution < 1.29 is 0 Å². The summed E-state index contributed by atoms with van der Waals surface area (Å²) in [5, 5.41) is 0. The zero-order valence-electron chi connectivity index (χ0n) is 12.9. The van der Waals surface area contributed by atoms with Gasteiger partial charge in [0.15, 0.2) is 0 Å². The molecule has 1 unspecified atom stereocenters. The number of aromatic nitrogens is 2. The summed E-state index contributed by atoms with van der Waals surface area (Å²) in [5.74, 6) is 5.24. The molecule has 0 radical (unpaired) electrons. The highest BCUT2D eigenvalue weighted by molar-refractivity contribution is 7.46. The predicted molar refractivity (Wildman–Crippen MR) is 92.9 cm³/mol. The molecule has 0 spiro atoms. The van der Waals surface area contributed by atoms with Gasteiger partial charge in [-0.1, -0.05) is 20.7 Å². The Kier molecular flexibility index (Phi) is 3.22. The standard InChI is InChI=1S/C19H23N2P/c1-2-4-18-17(3-1)20-10-19(21-18)22-11-16-14-6-12-5-13(8-14)9-15(16)7-12/h1-4,10,12-16,22H,5-9,11H2. The minimum atomic E-state index is 0.841. The van der Waals surface area contributed by atoms with Crippen molar-refractivity contribution in [1.82, 2.24) is 9.97 Å². The first-order chi connectivity index (χ1) is 10.8. The monoisotopic (exact) mass is 310 g/mol. The van der Waals surface area contributed by atoms with Gasteiger partial charge in [-0.2, -0.15) is 0 Å². The Morgan fingerprint density at radius 2 is 1.59 bits per heavy atom. The normalized spacial score (nSPS) is 36.6. The number of para-hydroxylation sites is 2. The van der Waals surface area contributed by atoms with Crippen LogP contribution in [-0.4, -0.2) is 16.1 Å². The number of rotatable bonds is 3. The Morgan fingerprint density at radius 1 is 0.909 bits per heavy atom. The van der Waals surface area contributed by atoms with Crippen LogP contribution in [0.15, 0.2) is 30.5 Å². The first kappa shape index (κ1) is 13.4. The Labute approximate surface area is 133 Å². The highest BCUT2D eigenvalue weighted by Crippen LogP contribution is 2.57. The van der Waals surface area contributed by atoms with Crippen molar-refractivity contribution in [2.75, 3.05) is 6.16 Å². The molecule has 0 N–H and O–H groups in total. The van der Waals surface area contributed by atoms with E-state index in [1.807, 2.05) is 18.3 Å². The molecule has 2 nitrogen and oxygen atoms in total. The summed E-state index contributed by atoms with van der Waals surface area (Å²) in [6.45, 7) is 0. The second-order valence-corrected chi connectivity index (χ2v) is 8.99. The minimum Gasteiger partial charge on any atom is -0.252 e. The van der Waals surface area contributed by atoms with Crippen LogP contribution in [0.3, 0.4) is 0 Å². The number of nitrogens with zero attached hydrogens (tertiary/aromatic N) is 2. The van der Waals surface area contributed by atoms with Crippen LogP contribution >= 0.6 is 8.58 Å². The lowest BCUT2D eigenvalue weighted by Gasteiger charge is -2.54. The number of benzene rings is 1. The molecule has 0 aliphatic heterocycles. The minimum absolute atomic E-state index is 0.841. The molecular formula is C19H23N2P. The molecule has 0 saturated heterocycles. The molecule has 4 aliphatic rings. The van der Waals surface area contributed by atoms with E-state index in [-0.39, 0.29) is 0 Å². The Morgan fingerprint density at radius 3 is 2.32 bits per heavy atom. The molecule has 4 saturated carbocycles. The maximum atomic E-state index is 4.83.